The van der Waals surface area contributed by atoms with Gasteiger partial charge in [-0.2, -0.15) is 0 Å². The van der Waals surface area contributed by atoms with Crippen molar-refractivity contribution in [1.29, 1.82) is 0 Å². The molecule has 3 heterocycles. The summed E-state index contributed by atoms with van der Waals surface area (Å²) >= 11 is 0. The van der Waals surface area contributed by atoms with Crippen LogP contribution in [-0.4, -0.2) is 65.5 Å². The standard InChI is InChI=1S/C37H37N3O5/c41-25-27-10-12-28(13-11-27)34-22-31(24-39-20-18-38(19-21-39)23-26-6-2-1-3-7-26)44-37(45-34)29-14-16-30(17-15-29)40-35(42)32-8-4-5-9-33(32)36(40)43/h1-17,31,34,37,41H,18-25H2/t31-,34+,37+/m0/s1. The molecule has 8 heteroatoms. The van der Waals surface area contributed by atoms with Gasteiger partial charge in [-0.15, -0.1) is 0 Å². The fourth-order valence-electron chi connectivity index (χ4n) is 6.50. The Morgan fingerprint density at radius 1 is 0.644 bits per heavy atom. The van der Waals surface area contributed by atoms with Crippen molar-refractivity contribution in [3.63, 3.8) is 0 Å². The molecule has 230 valence electrons. The monoisotopic (exact) mass is 603 g/mol. The number of rotatable bonds is 8. The molecule has 0 bridgehead atoms. The quantitative estimate of drug-likeness (QED) is 0.272. The van der Waals surface area contributed by atoms with Gasteiger partial charge in [0.05, 0.1) is 35.6 Å². The highest BCUT2D eigenvalue weighted by molar-refractivity contribution is 6.34. The van der Waals surface area contributed by atoms with Crippen molar-refractivity contribution < 1.29 is 24.2 Å². The number of fused-ring (bicyclic) bond motifs is 1. The van der Waals surface area contributed by atoms with Gasteiger partial charge in [-0.3, -0.25) is 19.4 Å². The van der Waals surface area contributed by atoms with Gasteiger partial charge in [0.25, 0.3) is 11.8 Å². The first-order chi connectivity index (χ1) is 22.1. The summed E-state index contributed by atoms with van der Waals surface area (Å²) in [6, 6.07) is 32.7. The zero-order chi connectivity index (χ0) is 30.8. The second-order valence-corrected chi connectivity index (χ2v) is 12.0. The number of aliphatic hydroxyl groups excluding tert-OH is 1. The Balaban J connectivity index is 1.05. The van der Waals surface area contributed by atoms with E-state index in [-0.39, 0.29) is 30.6 Å². The van der Waals surface area contributed by atoms with Gasteiger partial charge in [0.15, 0.2) is 6.29 Å². The number of carbonyl (C=O) groups is 2. The van der Waals surface area contributed by atoms with E-state index in [0.717, 1.165) is 56.0 Å². The van der Waals surface area contributed by atoms with E-state index in [9.17, 15) is 14.7 Å². The van der Waals surface area contributed by atoms with E-state index < -0.39 is 6.29 Å². The Hall–Kier alpha value is -4.18. The molecular formula is C37H37N3O5. The SMILES string of the molecule is O=C1c2ccccc2C(=O)N1c1ccc([C@@H]2O[C@H](CN3CCN(Cc4ccccc4)CC3)C[C@H](c3ccc(CO)cc3)O2)cc1. The lowest BCUT2D eigenvalue weighted by Gasteiger charge is -2.40. The first kappa shape index (κ1) is 29.5. The smallest absolute Gasteiger partial charge is 0.266 e. The van der Waals surface area contributed by atoms with Crippen molar-refractivity contribution in [2.75, 3.05) is 37.6 Å². The number of imide groups is 1. The van der Waals surface area contributed by atoms with Gasteiger partial charge in [-0.1, -0.05) is 78.9 Å². The number of carbonyl (C=O) groups excluding carboxylic acids is 2. The summed E-state index contributed by atoms with van der Waals surface area (Å²) in [6.45, 7) is 5.73. The molecule has 2 fully saturated rings. The summed E-state index contributed by atoms with van der Waals surface area (Å²) in [6.07, 6.45) is -0.131. The highest BCUT2D eigenvalue weighted by Crippen LogP contribution is 2.39. The largest absolute Gasteiger partial charge is 0.392 e. The van der Waals surface area contributed by atoms with Crippen LogP contribution in [0.4, 0.5) is 5.69 Å². The number of benzene rings is 4. The van der Waals surface area contributed by atoms with Gasteiger partial charge < -0.3 is 14.6 Å². The first-order valence-electron chi connectivity index (χ1n) is 15.6. The summed E-state index contributed by atoms with van der Waals surface area (Å²) in [5.74, 6) is -0.632. The minimum Gasteiger partial charge on any atom is -0.392 e. The van der Waals surface area contributed by atoms with Crippen LogP contribution in [-0.2, 0) is 22.6 Å². The normalized spacial score (nSPS) is 22.5. The summed E-state index contributed by atoms with van der Waals surface area (Å²) in [5, 5.41) is 9.53. The van der Waals surface area contributed by atoms with Gasteiger partial charge in [0.1, 0.15) is 0 Å². The van der Waals surface area contributed by atoms with Crippen LogP contribution in [0.3, 0.4) is 0 Å². The van der Waals surface area contributed by atoms with Gasteiger partial charge in [0.2, 0.25) is 0 Å². The maximum absolute atomic E-state index is 13.0. The van der Waals surface area contributed by atoms with Crippen molar-refractivity contribution in [2.45, 2.75) is 38.1 Å². The minimum absolute atomic E-state index is 0.00410. The van der Waals surface area contributed by atoms with Crippen LogP contribution in [0.1, 0.15) is 61.8 Å². The van der Waals surface area contributed by atoms with E-state index in [2.05, 4.69) is 40.1 Å². The molecule has 0 aliphatic carbocycles. The topological polar surface area (TPSA) is 82.6 Å². The molecule has 3 aliphatic rings. The number of piperazine rings is 1. The molecule has 3 atom stereocenters. The van der Waals surface area contributed by atoms with Gasteiger partial charge >= 0.3 is 0 Å². The Labute approximate surface area is 263 Å². The molecular weight excluding hydrogens is 566 g/mol. The molecule has 45 heavy (non-hydrogen) atoms. The lowest BCUT2D eigenvalue weighted by atomic mass is 9.99. The minimum atomic E-state index is -0.609. The zero-order valence-corrected chi connectivity index (χ0v) is 25.1. The molecule has 0 saturated carbocycles. The fourth-order valence-corrected chi connectivity index (χ4v) is 6.50. The third kappa shape index (κ3) is 6.33. The van der Waals surface area contributed by atoms with Crippen molar-refractivity contribution in [3.05, 3.63) is 137 Å². The van der Waals surface area contributed by atoms with E-state index >= 15 is 0 Å². The summed E-state index contributed by atoms with van der Waals surface area (Å²) in [4.78, 5) is 32.2. The molecule has 0 spiro atoms. The van der Waals surface area contributed by atoms with Crippen molar-refractivity contribution in [2.24, 2.45) is 0 Å². The molecule has 7 rings (SSSR count). The predicted octanol–water partition coefficient (Wildman–Crippen LogP) is 5.34. The van der Waals surface area contributed by atoms with E-state index in [1.165, 1.54) is 10.5 Å². The molecule has 1 N–H and O–H groups in total. The van der Waals surface area contributed by atoms with Crippen molar-refractivity contribution >= 4 is 17.5 Å². The first-order valence-corrected chi connectivity index (χ1v) is 15.6. The van der Waals surface area contributed by atoms with E-state index in [0.29, 0.717) is 23.2 Å². The molecule has 2 saturated heterocycles. The highest BCUT2D eigenvalue weighted by Gasteiger charge is 2.37. The van der Waals surface area contributed by atoms with Gasteiger partial charge in [-0.25, -0.2) is 4.90 Å². The Morgan fingerprint density at radius 3 is 1.89 bits per heavy atom. The lowest BCUT2D eigenvalue weighted by molar-refractivity contribution is -0.253. The predicted molar refractivity (Wildman–Crippen MR) is 171 cm³/mol. The van der Waals surface area contributed by atoms with Crippen LogP contribution in [0.2, 0.25) is 0 Å². The third-order valence-corrected chi connectivity index (χ3v) is 9.01. The van der Waals surface area contributed by atoms with Gasteiger partial charge in [-0.05, 0) is 41.0 Å². The van der Waals surface area contributed by atoms with Crippen LogP contribution in [0.15, 0.2) is 103 Å². The number of hydrogen-bond acceptors (Lipinski definition) is 7. The number of ether oxygens (including phenoxy) is 2. The summed E-state index contributed by atoms with van der Waals surface area (Å²) < 4.78 is 13.1. The molecule has 0 unspecified atom stereocenters. The average molecular weight is 604 g/mol. The Morgan fingerprint density at radius 2 is 1.24 bits per heavy atom. The van der Waals surface area contributed by atoms with E-state index in [4.69, 9.17) is 9.47 Å². The van der Waals surface area contributed by atoms with E-state index in [1.807, 2.05) is 36.4 Å². The maximum atomic E-state index is 13.0. The molecule has 4 aromatic rings. The number of anilines is 1. The number of aliphatic hydroxyl groups is 1. The second kappa shape index (κ2) is 13.0. The summed E-state index contributed by atoms with van der Waals surface area (Å²) in [7, 11) is 0. The van der Waals surface area contributed by atoms with Crippen LogP contribution in [0.5, 0.6) is 0 Å². The lowest BCUT2D eigenvalue weighted by Crippen LogP contribution is -2.49. The molecule has 3 aliphatic heterocycles. The third-order valence-electron chi connectivity index (χ3n) is 9.01. The van der Waals surface area contributed by atoms with Crippen LogP contribution in [0, 0.1) is 0 Å². The maximum Gasteiger partial charge on any atom is 0.266 e. The second-order valence-electron chi connectivity index (χ2n) is 12.0. The molecule has 0 radical (unpaired) electrons. The highest BCUT2D eigenvalue weighted by atomic mass is 16.7. The van der Waals surface area contributed by atoms with Crippen LogP contribution >= 0.6 is 0 Å². The molecule has 4 aromatic carbocycles. The number of nitrogens with zero attached hydrogens (tertiary/aromatic N) is 3. The van der Waals surface area contributed by atoms with E-state index in [1.54, 1.807) is 36.4 Å². The molecule has 8 nitrogen and oxygen atoms in total. The average Bonchev–Trinajstić information content (AvgIpc) is 3.35. The molecule has 2 amide bonds. The van der Waals surface area contributed by atoms with Crippen LogP contribution in [0.25, 0.3) is 0 Å². The van der Waals surface area contributed by atoms with Crippen molar-refractivity contribution in [1.82, 2.24) is 9.80 Å². The number of amides is 2. The van der Waals surface area contributed by atoms with Crippen molar-refractivity contribution in [3.8, 4) is 0 Å². The zero-order valence-electron chi connectivity index (χ0n) is 25.1. The fraction of sp³-hybridized carbons (Fsp3) is 0.297. The van der Waals surface area contributed by atoms with Crippen LogP contribution < -0.4 is 4.90 Å². The van der Waals surface area contributed by atoms with Gasteiger partial charge in [0, 0.05) is 51.3 Å². The molecule has 0 aromatic heterocycles. The Bertz CT molecular complexity index is 1600. The summed E-state index contributed by atoms with van der Waals surface area (Å²) in [5.41, 5.74) is 5.42. The number of hydrogen-bond donors (Lipinski definition) is 1. The Kier molecular flexibility index (Phi) is 8.56.